The number of aryl methyl sites for hydroxylation is 1. The maximum absolute atomic E-state index is 12.5. The fourth-order valence-corrected chi connectivity index (χ4v) is 3.51. The molecule has 0 radical (unpaired) electrons. The van der Waals surface area contributed by atoms with Crippen LogP contribution < -0.4 is 18.9 Å². The van der Waals surface area contributed by atoms with Gasteiger partial charge in [-0.15, -0.1) is 0 Å². The number of hydrogen-bond acceptors (Lipinski definition) is 8. The number of methoxy groups -OCH3 is 3. The first-order chi connectivity index (χ1) is 17.2. The van der Waals surface area contributed by atoms with Crippen molar-refractivity contribution in [2.45, 2.75) is 13.5 Å². The Labute approximate surface area is 209 Å². The Bertz CT molecular complexity index is 995. The predicted octanol–water partition coefficient (Wildman–Crippen LogP) is 1.90. The Kier molecular flexibility index (Phi) is 10.8. The van der Waals surface area contributed by atoms with Crippen LogP contribution in [0.25, 0.3) is 0 Å². The second-order valence-corrected chi connectivity index (χ2v) is 7.90. The number of rotatable bonds is 8. The van der Waals surface area contributed by atoms with Gasteiger partial charge < -0.3 is 34.1 Å². The van der Waals surface area contributed by atoms with Gasteiger partial charge in [0.05, 0.1) is 21.3 Å². The summed E-state index contributed by atoms with van der Waals surface area (Å²) in [6.45, 7) is 5.79. The standard InChI is InChI=1S/C23H30N2O5.C2H2O4/c1-17-5-7-19(8-6-17)30-16-22(26)25-11-9-24(10-12-25)15-18-13-20(27-2)23(29-4)21(14-18)28-3;3-1(4)2(5)6/h5-8,13-14H,9-12,15-16H2,1-4H3;(H,3,4)(H,5,6). The molecule has 2 N–H and O–H groups in total. The van der Waals surface area contributed by atoms with Crippen LogP contribution in [0.4, 0.5) is 0 Å². The van der Waals surface area contributed by atoms with Gasteiger partial charge in [-0.3, -0.25) is 9.69 Å². The molecule has 11 nitrogen and oxygen atoms in total. The summed E-state index contributed by atoms with van der Waals surface area (Å²) in [4.78, 5) is 34.8. The number of carbonyl (C=O) groups is 3. The van der Waals surface area contributed by atoms with Crippen molar-refractivity contribution in [3.63, 3.8) is 0 Å². The summed E-state index contributed by atoms with van der Waals surface area (Å²) in [6.07, 6.45) is 0. The molecule has 196 valence electrons. The van der Waals surface area contributed by atoms with E-state index in [0.29, 0.717) is 30.3 Å². The van der Waals surface area contributed by atoms with Crippen molar-refractivity contribution in [2.75, 3.05) is 54.1 Å². The Balaban J connectivity index is 0.000000678. The minimum absolute atomic E-state index is 0.0167. The van der Waals surface area contributed by atoms with Gasteiger partial charge >= 0.3 is 11.9 Å². The van der Waals surface area contributed by atoms with Crippen LogP contribution in [0.5, 0.6) is 23.0 Å². The summed E-state index contributed by atoms with van der Waals surface area (Å²) in [5.41, 5.74) is 2.24. The molecule has 1 fully saturated rings. The molecule has 3 rings (SSSR count). The minimum Gasteiger partial charge on any atom is -0.493 e. The van der Waals surface area contributed by atoms with Gasteiger partial charge in [0.25, 0.3) is 5.91 Å². The Morgan fingerprint density at radius 3 is 1.81 bits per heavy atom. The van der Waals surface area contributed by atoms with E-state index in [1.54, 1.807) is 21.3 Å². The zero-order valence-electron chi connectivity index (χ0n) is 20.9. The van der Waals surface area contributed by atoms with E-state index in [0.717, 1.165) is 36.5 Å². The summed E-state index contributed by atoms with van der Waals surface area (Å²) in [6, 6.07) is 11.7. The molecule has 1 heterocycles. The molecule has 1 saturated heterocycles. The van der Waals surface area contributed by atoms with E-state index in [9.17, 15) is 4.79 Å². The zero-order chi connectivity index (χ0) is 26.7. The second kappa shape index (κ2) is 13.8. The number of hydrogen-bond donors (Lipinski definition) is 2. The van der Waals surface area contributed by atoms with E-state index in [-0.39, 0.29) is 12.5 Å². The molecule has 36 heavy (non-hydrogen) atoms. The molecule has 0 spiro atoms. The summed E-state index contributed by atoms with van der Waals surface area (Å²) in [5, 5.41) is 14.8. The van der Waals surface area contributed by atoms with Crippen LogP contribution in [0.2, 0.25) is 0 Å². The predicted molar refractivity (Wildman–Crippen MR) is 130 cm³/mol. The van der Waals surface area contributed by atoms with Crippen molar-refractivity contribution >= 4 is 17.8 Å². The molecular formula is C25H32N2O9. The third kappa shape index (κ3) is 8.35. The maximum Gasteiger partial charge on any atom is 0.414 e. The largest absolute Gasteiger partial charge is 0.493 e. The molecule has 0 aliphatic carbocycles. The molecule has 1 aliphatic heterocycles. The van der Waals surface area contributed by atoms with E-state index in [4.69, 9.17) is 38.7 Å². The fourth-order valence-electron chi connectivity index (χ4n) is 3.51. The van der Waals surface area contributed by atoms with Crippen LogP contribution in [-0.2, 0) is 20.9 Å². The van der Waals surface area contributed by atoms with Gasteiger partial charge in [0.15, 0.2) is 18.1 Å². The van der Waals surface area contributed by atoms with Gasteiger partial charge in [-0.05, 0) is 36.8 Å². The normalized spacial score (nSPS) is 13.2. The molecule has 2 aromatic rings. The number of carboxylic acid groups (broad SMARTS) is 2. The van der Waals surface area contributed by atoms with Gasteiger partial charge in [0, 0.05) is 32.7 Å². The van der Waals surface area contributed by atoms with Crippen molar-refractivity contribution in [1.29, 1.82) is 0 Å². The van der Waals surface area contributed by atoms with Crippen LogP contribution >= 0.6 is 0 Å². The Morgan fingerprint density at radius 1 is 0.833 bits per heavy atom. The summed E-state index contributed by atoms with van der Waals surface area (Å²) < 4.78 is 21.9. The van der Waals surface area contributed by atoms with E-state index < -0.39 is 11.9 Å². The first kappa shape index (κ1) is 28.2. The minimum atomic E-state index is -1.82. The highest BCUT2D eigenvalue weighted by Gasteiger charge is 2.22. The van der Waals surface area contributed by atoms with Crippen LogP contribution in [0.15, 0.2) is 36.4 Å². The molecule has 11 heteroatoms. The number of aliphatic carboxylic acids is 2. The number of piperazine rings is 1. The van der Waals surface area contributed by atoms with Crippen LogP contribution in [-0.4, -0.2) is 92.0 Å². The quantitative estimate of drug-likeness (QED) is 0.513. The number of benzene rings is 2. The van der Waals surface area contributed by atoms with Gasteiger partial charge in [0.2, 0.25) is 5.75 Å². The molecule has 0 saturated carbocycles. The topological polar surface area (TPSA) is 135 Å². The summed E-state index contributed by atoms with van der Waals surface area (Å²) >= 11 is 0. The lowest BCUT2D eigenvalue weighted by molar-refractivity contribution is -0.159. The van der Waals surface area contributed by atoms with Gasteiger partial charge in [-0.25, -0.2) is 9.59 Å². The fraction of sp³-hybridized carbons (Fsp3) is 0.400. The van der Waals surface area contributed by atoms with Gasteiger partial charge in [-0.1, -0.05) is 17.7 Å². The Morgan fingerprint density at radius 2 is 1.36 bits per heavy atom. The molecule has 0 aromatic heterocycles. The van der Waals surface area contributed by atoms with E-state index in [1.807, 2.05) is 48.2 Å². The van der Waals surface area contributed by atoms with Crippen molar-refractivity contribution in [3.05, 3.63) is 47.5 Å². The van der Waals surface area contributed by atoms with Crippen LogP contribution in [0, 0.1) is 6.92 Å². The highest BCUT2D eigenvalue weighted by Crippen LogP contribution is 2.38. The summed E-state index contributed by atoms with van der Waals surface area (Å²) in [7, 11) is 4.83. The molecule has 0 bridgehead atoms. The highest BCUT2D eigenvalue weighted by molar-refractivity contribution is 6.27. The average Bonchev–Trinajstić information content (AvgIpc) is 2.88. The molecule has 0 atom stereocenters. The number of ether oxygens (including phenoxy) is 4. The van der Waals surface area contributed by atoms with Gasteiger partial charge in [0.1, 0.15) is 5.75 Å². The number of amides is 1. The van der Waals surface area contributed by atoms with E-state index in [2.05, 4.69) is 4.90 Å². The first-order valence-electron chi connectivity index (χ1n) is 11.1. The van der Waals surface area contributed by atoms with Crippen molar-refractivity contribution in [2.24, 2.45) is 0 Å². The smallest absolute Gasteiger partial charge is 0.414 e. The van der Waals surface area contributed by atoms with E-state index >= 15 is 0 Å². The van der Waals surface area contributed by atoms with Crippen LogP contribution in [0.1, 0.15) is 11.1 Å². The lowest BCUT2D eigenvalue weighted by Gasteiger charge is -2.34. The van der Waals surface area contributed by atoms with Crippen molar-refractivity contribution in [3.8, 4) is 23.0 Å². The highest BCUT2D eigenvalue weighted by atomic mass is 16.5. The molecular weight excluding hydrogens is 472 g/mol. The van der Waals surface area contributed by atoms with Crippen molar-refractivity contribution < 1.29 is 43.5 Å². The maximum atomic E-state index is 12.5. The summed E-state index contributed by atoms with van der Waals surface area (Å²) in [5.74, 6) is -1.03. The third-order valence-corrected chi connectivity index (χ3v) is 5.42. The average molecular weight is 505 g/mol. The molecule has 2 aromatic carbocycles. The van der Waals surface area contributed by atoms with Crippen LogP contribution in [0.3, 0.4) is 0 Å². The second-order valence-electron chi connectivity index (χ2n) is 7.90. The SMILES string of the molecule is COc1cc(CN2CCN(C(=O)COc3ccc(C)cc3)CC2)cc(OC)c1OC.O=C(O)C(=O)O. The Hall–Kier alpha value is -3.99. The first-order valence-corrected chi connectivity index (χ1v) is 11.1. The number of carboxylic acids is 2. The number of nitrogens with zero attached hydrogens (tertiary/aromatic N) is 2. The molecule has 0 unspecified atom stereocenters. The van der Waals surface area contributed by atoms with Crippen molar-refractivity contribution in [1.82, 2.24) is 9.80 Å². The third-order valence-electron chi connectivity index (χ3n) is 5.42. The number of carbonyl (C=O) groups excluding carboxylic acids is 1. The zero-order valence-corrected chi connectivity index (χ0v) is 20.9. The lowest BCUT2D eigenvalue weighted by atomic mass is 10.1. The molecule has 1 amide bonds. The lowest BCUT2D eigenvalue weighted by Crippen LogP contribution is -2.49. The molecule has 1 aliphatic rings. The van der Waals surface area contributed by atoms with E-state index in [1.165, 1.54) is 0 Å². The monoisotopic (exact) mass is 504 g/mol. The van der Waals surface area contributed by atoms with Gasteiger partial charge in [-0.2, -0.15) is 0 Å².